The van der Waals surface area contributed by atoms with Gasteiger partial charge < -0.3 is 20.5 Å². The van der Waals surface area contributed by atoms with E-state index >= 15 is 0 Å². The molecule has 0 aliphatic carbocycles. The number of benzene rings is 3. The first-order valence-electron chi connectivity index (χ1n) is 10.3. The second-order valence-corrected chi connectivity index (χ2v) is 8.09. The van der Waals surface area contributed by atoms with E-state index in [4.69, 9.17) is 10.5 Å². The van der Waals surface area contributed by atoms with Gasteiger partial charge in [0, 0.05) is 5.69 Å². The van der Waals surface area contributed by atoms with Crippen LogP contribution in [0.5, 0.6) is 5.75 Å². The van der Waals surface area contributed by atoms with E-state index in [0.717, 1.165) is 27.3 Å². The van der Waals surface area contributed by atoms with Crippen LogP contribution in [-0.4, -0.2) is 25.2 Å². The lowest BCUT2D eigenvalue weighted by molar-refractivity contribution is -0.110. The summed E-state index contributed by atoms with van der Waals surface area (Å²) >= 11 is 1.41. The molecule has 0 heterocycles. The van der Waals surface area contributed by atoms with Gasteiger partial charge in [-0.25, -0.2) is 4.99 Å². The number of carbonyl (C=O) groups is 1. The van der Waals surface area contributed by atoms with Gasteiger partial charge in [-0.3, -0.25) is 9.79 Å². The Labute approximate surface area is 198 Å². The number of amidine groups is 1. The van der Waals surface area contributed by atoms with E-state index in [1.54, 1.807) is 19.2 Å². The number of hydrogen-bond acceptors (Lipinski definition) is 5. The number of hydrogen-bond donors (Lipinski definition) is 3. The maximum Gasteiger partial charge on any atom is 0.290 e. The van der Waals surface area contributed by atoms with Crippen molar-refractivity contribution in [2.45, 2.75) is 25.3 Å². The van der Waals surface area contributed by atoms with E-state index in [2.05, 4.69) is 46.0 Å². The number of para-hydroxylation sites is 1. The molecule has 3 aromatic rings. The van der Waals surface area contributed by atoms with Crippen molar-refractivity contribution >= 4 is 41.4 Å². The molecule has 0 aliphatic heterocycles. The van der Waals surface area contributed by atoms with Gasteiger partial charge in [-0.15, -0.1) is 0 Å². The zero-order valence-corrected chi connectivity index (χ0v) is 19.6. The molecule has 0 aliphatic rings. The smallest absolute Gasteiger partial charge is 0.290 e. The quantitative estimate of drug-likeness (QED) is 0.250. The Morgan fingerprint density at radius 2 is 1.79 bits per heavy atom. The number of amides is 1. The number of rotatable bonds is 8. The van der Waals surface area contributed by atoms with Gasteiger partial charge in [0.25, 0.3) is 5.91 Å². The minimum absolute atomic E-state index is 0.175. The van der Waals surface area contributed by atoms with E-state index in [1.807, 2.05) is 42.5 Å². The van der Waals surface area contributed by atoms with Crippen LogP contribution in [0.2, 0.25) is 0 Å². The molecule has 1 amide bonds. The van der Waals surface area contributed by atoms with Crippen LogP contribution in [0.25, 0.3) is 0 Å². The first-order chi connectivity index (χ1) is 16.0. The molecule has 3 aromatic carbocycles. The van der Waals surface area contributed by atoms with E-state index < -0.39 is 5.91 Å². The first kappa shape index (κ1) is 23.9. The number of nitrogens with one attached hydrogen (secondary N) is 2. The van der Waals surface area contributed by atoms with Gasteiger partial charge in [0.05, 0.1) is 24.2 Å². The zero-order valence-electron chi connectivity index (χ0n) is 18.8. The SMILES string of the molecule is COc1ccc(NC(=O)C(N)=NC=NCc2ccccc2)cc1SNc1c(C)cccc1C. The Hall–Kier alpha value is -3.78. The number of anilines is 2. The normalized spacial score (nSPS) is 11.4. The molecule has 0 saturated carbocycles. The molecule has 0 unspecified atom stereocenters. The molecular weight excluding hydrogens is 434 g/mol. The predicted molar refractivity (Wildman–Crippen MR) is 137 cm³/mol. The lowest BCUT2D eigenvalue weighted by Crippen LogP contribution is -2.30. The summed E-state index contributed by atoms with van der Waals surface area (Å²) in [4.78, 5) is 21.4. The maximum atomic E-state index is 12.4. The van der Waals surface area contributed by atoms with Gasteiger partial charge in [-0.1, -0.05) is 48.5 Å². The van der Waals surface area contributed by atoms with E-state index in [-0.39, 0.29) is 5.84 Å². The van der Waals surface area contributed by atoms with Crippen molar-refractivity contribution in [2.24, 2.45) is 15.7 Å². The number of aryl methyl sites for hydroxylation is 2. The average Bonchev–Trinajstić information content (AvgIpc) is 2.82. The van der Waals surface area contributed by atoms with Gasteiger partial charge in [0.1, 0.15) is 12.1 Å². The van der Waals surface area contributed by atoms with Crippen molar-refractivity contribution in [3.8, 4) is 5.75 Å². The van der Waals surface area contributed by atoms with Gasteiger partial charge in [0.2, 0.25) is 0 Å². The number of nitrogens with two attached hydrogens (primary N) is 1. The van der Waals surface area contributed by atoms with Gasteiger partial charge in [0.15, 0.2) is 5.84 Å². The highest BCUT2D eigenvalue weighted by molar-refractivity contribution is 8.00. The summed E-state index contributed by atoms with van der Waals surface area (Å²) in [6.07, 6.45) is 1.30. The fourth-order valence-corrected chi connectivity index (χ4v) is 3.97. The first-order valence-corrected chi connectivity index (χ1v) is 11.1. The molecule has 0 radical (unpaired) electrons. The molecule has 3 rings (SSSR count). The Bertz CT molecular complexity index is 1140. The van der Waals surface area contributed by atoms with Gasteiger partial charge >= 0.3 is 0 Å². The highest BCUT2D eigenvalue weighted by Gasteiger charge is 2.11. The second kappa shape index (κ2) is 11.7. The van der Waals surface area contributed by atoms with Crippen molar-refractivity contribution in [2.75, 3.05) is 17.1 Å². The Kier molecular flexibility index (Phi) is 8.49. The minimum Gasteiger partial charge on any atom is -0.496 e. The number of carbonyl (C=O) groups excluding carboxylic acids is 1. The summed E-state index contributed by atoms with van der Waals surface area (Å²) in [6.45, 7) is 4.57. The topological polar surface area (TPSA) is 101 Å². The second-order valence-electron chi connectivity index (χ2n) is 7.25. The third-order valence-electron chi connectivity index (χ3n) is 4.79. The van der Waals surface area contributed by atoms with Crippen molar-refractivity contribution < 1.29 is 9.53 Å². The molecule has 0 fully saturated rings. The molecule has 7 nitrogen and oxygen atoms in total. The number of methoxy groups -OCH3 is 1. The molecule has 0 spiro atoms. The van der Waals surface area contributed by atoms with Crippen LogP contribution in [-0.2, 0) is 11.3 Å². The summed E-state index contributed by atoms with van der Waals surface area (Å²) in [7, 11) is 1.61. The maximum absolute atomic E-state index is 12.4. The summed E-state index contributed by atoms with van der Waals surface area (Å²) in [6, 6.07) is 21.2. The van der Waals surface area contributed by atoms with Crippen LogP contribution in [0.15, 0.2) is 81.6 Å². The standard InChI is InChI=1S/C25H27N5O2S/c1-17-8-7-9-18(2)23(17)30-33-22-14-20(12-13-21(22)32-3)29-25(31)24(26)28-16-27-15-19-10-5-4-6-11-19/h4-14,16,30H,15H2,1-3H3,(H,29,31)(H2,26,27,28). The molecule has 0 atom stereocenters. The highest BCUT2D eigenvalue weighted by atomic mass is 32.2. The minimum atomic E-state index is -0.509. The third kappa shape index (κ3) is 6.85. The van der Waals surface area contributed by atoms with Crippen LogP contribution >= 0.6 is 11.9 Å². The van der Waals surface area contributed by atoms with E-state index in [1.165, 1.54) is 18.3 Å². The van der Waals surface area contributed by atoms with Crippen molar-refractivity contribution in [1.82, 2.24) is 0 Å². The molecule has 33 heavy (non-hydrogen) atoms. The lowest BCUT2D eigenvalue weighted by atomic mass is 10.1. The Morgan fingerprint density at radius 3 is 2.48 bits per heavy atom. The number of nitrogens with zero attached hydrogens (tertiary/aromatic N) is 2. The molecule has 0 bridgehead atoms. The van der Waals surface area contributed by atoms with Crippen molar-refractivity contribution in [3.63, 3.8) is 0 Å². The average molecular weight is 462 g/mol. The molecule has 8 heteroatoms. The fraction of sp³-hybridized carbons (Fsp3) is 0.160. The van der Waals surface area contributed by atoms with Crippen LogP contribution in [0.1, 0.15) is 16.7 Å². The van der Waals surface area contributed by atoms with Crippen molar-refractivity contribution in [3.05, 3.63) is 83.4 Å². The highest BCUT2D eigenvalue weighted by Crippen LogP contribution is 2.34. The zero-order chi connectivity index (χ0) is 23.6. The Balaban J connectivity index is 1.64. The van der Waals surface area contributed by atoms with Crippen LogP contribution in [0, 0.1) is 13.8 Å². The number of ether oxygens (including phenoxy) is 1. The summed E-state index contributed by atoms with van der Waals surface area (Å²) in [5.41, 5.74) is 10.8. The van der Waals surface area contributed by atoms with E-state index in [0.29, 0.717) is 18.0 Å². The summed E-state index contributed by atoms with van der Waals surface area (Å²) in [5.74, 6) is 0.00176. The van der Waals surface area contributed by atoms with Crippen LogP contribution in [0.4, 0.5) is 11.4 Å². The largest absolute Gasteiger partial charge is 0.496 e. The van der Waals surface area contributed by atoms with Crippen LogP contribution in [0.3, 0.4) is 0 Å². The fourth-order valence-electron chi connectivity index (χ4n) is 3.00. The number of aliphatic imine (C=N–C) groups is 2. The van der Waals surface area contributed by atoms with Crippen LogP contribution < -0.4 is 20.5 Å². The monoisotopic (exact) mass is 461 g/mol. The van der Waals surface area contributed by atoms with Gasteiger partial charge in [-0.05, 0) is 60.7 Å². The predicted octanol–water partition coefficient (Wildman–Crippen LogP) is 4.96. The Morgan fingerprint density at radius 1 is 1.06 bits per heavy atom. The summed E-state index contributed by atoms with van der Waals surface area (Å²) in [5, 5.41) is 2.76. The molecule has 0 aromatic heterocycles. The molecule has 170 valence electrons. The molecular formula is C25H27N5O2S. The van der Waals surface area contributed by atoms with Crippen molar-refractivity contribution in [1.29, 1.82) is 0 Å². The molecule has 4 N–H and O–H groups in total. The summed E-state index contributed by atoms with van der Waals surface area (Å²) < 4.78 is 8.85. The van der Waals surface area contributed by atoms with Gasteiger partial charge in [-0.2, -0.15) is 0 Å². The molecule has 0 saturated heterocycles. The van der Waals surface area contributed by atoms with E-state index in [9.17, 15) is 4.79 Å². The third-order valence-corrected chi connectivity index (χ3v) is 5.64. The lowest BCUT2D eigenvalue weighted by Gasteiger charge is -2.14.